The highest BCUT2D eigenvalue weighted by molar-refractivity contribution is 6.22. The maximum Gasteiger partial charge on any atom is 0.230 e. The molecule has 1 aliphatic heterocycles. The molecule has 6 heteroatoms. The number of aryl methyl sites for hydroxylation is 1. The zero-order valence-corrected chi connectivity index (χ0v) is 21.8. The molecule has 1 saturated carbocycles. The van der Waals surface area contributed by atoms with Crippen molar-refractivity contribution in [2.24, 2.45) is 10.9 Å². The van der Waals surface area contributed by atoms with Crippen LogP contribution in [-0.4, -0.2) is 76.9 Å². The summed E-state index contributed by atoms with van der Waals surface area (Å²) < 4.78 is 1.42. The van der Waals surface area contributed by atoms with Crippen molar-refractivity contribution >= 4 is 22.5 Å². The lowest BCUT2D eigenvalue weighted by Gasteiger charge is -2.36. The molecular weight excluding hydrogens is 448 g/mol. The summed E-state index contributed by atoms with van der Waals surface area (Å²) in [5.41, 5.74) is 4.19. The predicted molar refractivity (Wildman–Crippen MR) is 146 cm³/mol. The number of aromatic hydroxyl groups is 1. The summed E-state index contributed by atoms with van der Waals surface area (Å²) in [4.78, 5) is 22.8. The second kappa shape index (κ2) is 10.6. The highest BCUT2D eigenvalue weighted by Gasteiger charge is 2.28. The molecule has 2 aromatic carbocycles. The second-order valence-electron chi connectivity index (χ2n) is 10.7. The Morgan fingerprint density at radius 1 is 1.00 bits per heavy atom. The number of aromatic nitrogens is 1. The number of fused-ring (bicyclic) bond motifs is 1. The normalized spacial score (nSPS) is 22.2. The lowest BCUT2D eigenvalue weighted by molar-refractivity contribution is 0.0933. The van der Waals surface area contributed by atoms with Crippen LogP contribution in [0.3, 0.4) is 0 Å². The van der Waals surface area contributed by atoms with Crippen LogP contribution in [0.2, 0.25) is 0 Å². The van der Waals surface area contributed by atoms with Gasteiger partial charge in [-0.1, -0.05) is 42.5 Å². The Bertz CT molecular complexity index is 1250. The van der Waals surface area contributed by atoms with E-state index in [0.717, 1.165) is 59.6 Å². The van der Waals surface area contributed by atoms with Gasteiger partial charge >= 0.3 is 0 Å². The molecule has 0 atom stereocenters. The smallest absolute Gasteiger partial charge is 0.230 e. The molecule has 1 N–H and O–H groups in total. The highest BCUT2D eigenvalue weighted by atomic mass is 16.3. The van der Waals surface area contributed by atoms with E-state index in [4.69, 9.17) is 4.99 Å². The van der Waals surface area contributed by atoms with Crippen LogP contribution < -0.4 is 0 Å². The fraction of sp³-hybridized carbons (Fsp3) is 0.467. The molecule has 1 aliphatic carbocycles. The summed E-state index contributed by atoms with van der Waals surface area (Å²) >= 11 is 0. The first kappa shape index (κ1) is 24.7. The van der Waals surface area contributed by atoms with Gasteiger partial charge in [-0.2, -0.15) is 0 Å². The van der Waals surface area contributed by atoms with Gasteiger partial charge in [0.2, 0.25) is 11.8 Å². The lowest BCUT2D eigenvalue weighted by Crippen LogP contribution is -2.46. The van der Waals surface area contributed by atoms with E-state index in [1.54, 1.807) is 0 Å². The Morgan fingerprint density at radius 3 is 2.36 bits per heavy atom. The van der Waals surface area contributed by atoms with Gasteiger partial charge in [0.25, 0.3) is 0 Å². The number of carbonyl (C=O) groups excluding carboxylic acids is 1. The third-order valence-electron chi connectivity index (χ3n) is 7.94. The molecule has 0 radical (unpaired) electrons. The molecule has 36 heavy (non-hydrogen) atoms. The van der Waals surface area contributed by atoms with Crippen molar-refractivity contribution in [3.8, 4) is 5.88 Å². The molecule has 0 amide bonds. The zero-order chi connectivity index (χ0) is 25.2. The van der Waals surface area contributed by atoms with Gasteiger partial charge in [0.15, 0.2) is 0 Å². The first-order valence-electron chi connectivity index (χ1n) is 13.3. The Kier molecular flexibility index (Phi) is 7.26. The van der Waals surface area contributed by atoms with Crippen LogP contribution in [0.1, 0.15) is 54.1 Å². The fourth-order valence-corrected chi connectivity index (χ4v) is 5.85. The average molecular weight is 487 g/mol. The molecule has 0 unspecified atom stereocenters. The standard InChI is InChI=1S/C30H38N4O2/c1-21-9-14-26-27(19-21)34(22(2)35)30(36)28(26)29(24-7-5-4-6-8-24)31-25-12-10-23(11-13-25)20-33-17-15-32(3)16-18-33/h4-9,14,19,23,25,36H,10-13,15-18,20H2,1-3H3. The SMILES string of the molecule is CC(=O)n1c(O)c(C(=NC2CCC(CN3CCN(C)CC3)CC2)c2ccccc2)c2ccc(C)cc21. The minimum atomic E-state index is -0.203. The van der Waals surface area contributed by atoms with E-state index < -0.39 is 0 Å². The molecule has 0 spiro atoms. The van der Waals surface area contributed by atoms with Gasteiger partial charge in [0.05, 0.1) is 22.8 Å². The minimum Gasteiger partial charge on any atom is -0.494 e. The topological polar surface area (TPSA) is 61.1 Å². The number of benzene rings is 2. The molecule has 2 aliphatic rings. The maximum atomic E-state index is 12.5. The van der Waals surface area contributed by atoms with Crippen molar-refractivity contribution in [1.82, 2.24) is 14.4 Å². The lowest BCUT2D eigenvalue weighted by atomic mass is 9.85. The van der Waals surface area contributed by atoms with Crippen molar-refractivity contribution in [3.05, 3.63) is 65.2 Å². The quantitative estimate of drug-likeness (QED) is 0.518. The molecule has 2 heterocycles. The van der Waals surface area contributed by atoms with E-state index >= 15 is 0 Å². The van der Waals surface area contributed by atoms with E-state index in [9.17, 15) is 9.90 Å². The molecule has 1 saturated heterocycles. The van der Waals surface area contributed by atoms with Gasteiger partial charge in [-0.25, -0.2) is 0 Å². The van der Waals surface area contributed by atoms with Crippen LogP contribution >= 0.6 is 0 Å². The molecule has 3 aromatic rings. The van der Waals surface area contributed by atoms with Crippen LogP contribution in [0.5, 0.6) is 5.88 Å². The maximum absolute atomic E-state index is 12.5. The Hall–Kier alpha value is -2.96. The van der Waals surface area contributed by atoms with Gasteiger partial charge in [-0.05, 0) is 57.2 Å². The molecule has 190 valence electrons. The van der Waals surface area contributed by atoms with Gasteiger partial charge in [-0.15, -0.1) is 0 Å². The van der Waals surface area contributed by atoms with Gasteiger partial charge in [0, 0.05) is 50.6 Å². The highest BCUT2D eigenvalue weighted by Crippen LogP contribution is 2.36. The van der Waals surface area contributed by atoms with Crippen LogP contribution in [0.4, 0.5) is 0 Å². The summed E-state index contributed by atoms with van der Waals surface area (Å²) in [6.45, 7) is 9.36. The molecule has 0 bridgehead atoms. The summed E-state index contributed by atoms with van der Waals surface area (Å²) in [7, 11) is 2.21. The molecule has 1 aromatic heterocycles. The number of hydrogen-bond donors (Lipinski definition) is 1. The first-order valence-corrected chi connectivity index (χ1v) is 13.3. The minimum absolute atomic E-state index is 0.0190. The fourth-order valence-electron chi connectivity index (χ4n) is 5.85. The number of carbonyl (C=O) groups is 1. The van der Waals surface area contributed by atoms with E-state index in [1.807, 2.05) is 55.5 Å². The van der Waals surface area contributed by atoms with Crippen molar-refractivity contribution in [2.45, 2.75) is 45.6 Å². The summed E-state index contributed by atoms with van der Waals surface area (Å²) in [5, 5.41) is 12.2. The summed E-state index contributed by atoms with van der Waals surface area (Å²) in [6, 6.07) is 16.3. The average Bonchev–Trinajstić information content (AvgIpc) is 3.16. The molecule has 2 fully saturated rings. The van der Waals surface area contributed by atoms with E-state index in [-0.39, 0.29) is 17.8 Å². The summed E-state index contributed by atoms with van der Waals surface area (Å²) in [6.07, 6.45) is 4.48. The molecule has 5 rings (SSSR count). The Balaban J connectivity index is 1.45. The van der Waals surface area contributed by atoms with Crippen molar-refractivity contribution in [2.75, 3.05) is 39.8 Å². The predicted octanol–water partition coefficient (Wildman–Crippen LogP) is 4.96. The molecular formula is C30H38N4O2. The number of piperazine rings is 1. The zero-order valence-electron chi connectivity index (χ0n) is 21.8. The van der Waals surface area contributed by atoms with Gasteiger partial charge in [0.1, 0.15) is 0 Å². The first-order chi connectivity index (χ1) is 17.4. The van der Waals surface area contributed by atoms with Crippen LogP contribution in [-0.2, 0) is 0 Å². The number of rotatable bonds is 5. The van der Waals surface area contributed by atoms with E-state index in [2.05, 4.69) is 16.8 Å². The number of aliphatic imine (C=N–C) groups is 1. The van der Waals surface area contributed by atoms with Crippen LogP contribution in [0.15, 0.2) is 53.5 Å². The van der Waals surface area contributed by atoms with Gasteiger partial charge in [-0.3, -0.25) is 14.4 Å². The number of hydrogen-bond acceptors (Lipinski definition) is 5. The Morgan fingerprint density at radius 2 is 1.69 bits per heavy atom. The largest absolute Gasteiger partial charge is 0.494 e. The number of nitrogens with zero attached hydrogens (tertiary/aromatic N) is 4. The van der Waals surface area contributed by atoms with E-state index in [0.29, 0.717) is 5.56 Å². The molecule has 6 nitrogen and oxygen atoms in total. The van der Waals surface area contributed by atoms with Crippen molar-refractivity contribution < 1.29 is 9.90 Å². The van der Waals surface area contributed by atoms with Crippen molar-refractivity contribution in [3.63, 3.8) is 0 Å². The summed E-state index contributed by atoms with van der Waals surface area (Å²) in [5.74, 6) is 0.511. The number of likely N-dealkylation sites (N-methyl/N-ethyl adjacent to an activating group) is 1. The van der Waals surface area contributed by atoms with E-state index in [1.165, 1.54) is 44.0 Å². The monoisotopic (exact) mass is 486 g/mol. The van der Waals surface area contributed by atoms with Crippen LogP contribution in [0.25, 0.3) is 10.9 Å². The van der Waals surface area contributed by atoms with Crippen molar-refractivity contribution in [1.29, 1.82) is 0 Å². The van der Waals surface area contributed by atoms with Crippen LogP contribution in [0, 0.1) is 12.8 Å². The third-order valence-corrected chi connectivity index (χ3v) is 7.94. The second-order valence-corrected chi connectivity index (χ2v) is 10.7. The van der Waals surface area contributed by atoms with Gasteiger partial charge < -0.3 is 14.9 Å². The third kappa shape index (κ3) is 5.11. The Labute approximate surface area is 214 Å².